The van der Waals surface area contributed by atoms with Crippen molar-refractivity contribution in [3.63, 3.8) is 0 Å². The van der Waals surface area contributed by atoms with Crippen LogP contribution in [0.25, 0.3) is 22.5 Å². The van der Waals surface area contributed by atoms with Crippen molar-refractivity contribution in [1.29, 1.82) is 0 Å². The summed E-state index contributed by atoms with van der Waals surface area (Å²) in [5.41, 5.74) is 1.23. The normalized spacial score (nSPS) is 11.7. The summed E-state index contributed by atoms with van der Waals surface area (Å²) in [5.74, 6) is -0.322. The van der Waals surface area contributed by atoms with Gasteiger partial charge in [0, 0.05) is 41.1 Å². The number of hydrogen-bond acceptors (Lipinski definition) is 6. The minimum Gasteiger partial charge on any atom is -0.354 e. The maximum absolute atomic E-state index is 15.3. The van der Waals surface area contributed by atoms with E-state index in [1.807, 2.05) is 20.8 Å². The molecular weight excluding hydrogens is 443 g/mol. The van der Waals surface area contributed by atoms with E-state index in [-0.39, 0.29) is 22.3 Å². The summed E-state index contributed by atoms with van der Waals surface area (Å²) in [4.78, 5) is 8.74. The molecule has 0 saturated carbocycles. The molecule has 0 radical (unpaired) electrons. The van der Waals surface area contributed by atoms with Gasteiger partial charge in [-0.05, 0) is 38.5 Å². The van der Waals surface area contributed by atoms with Gasteiger partial charge in [-0.15, -0.1) is 0 Å². The molecule has 0 amide bonds. The number of rotatable bonds is 8. The SMILES string of the molecule is CCCNc1nccc(-c2cn(C(C)C)nc2-c2cc(Cl)cc(NS(C)(=O)=O)c2F)n1. The summed E-state index contributed by atoms with van der Waals surface area (Å²) in [7, 11) is -3.70. The fourth-order valence-electron chi connectivity index (χ4n) is 2.91. The first-order chi connectivity index (χ1) is 14.6. The van der Waals surface area contributed by atoms with E-state index >= 15 is 4.39 Å². The van der Waals surface area contributed by atoms with Crippen LogP contribution in [0.15, 0.2) is 30.6 Å². The summed E-state index contributed by atoms with van der Waals surface area (Å²) in [5, 5.41) is 7.84. The number of nitrogens with one attached hydrogen (secondary N) is 2. The van der Waals surface area contributed by atoms with Crippen LogP contribution in [-0.4, -0.2) is 41.0 Å². The van der Waals surface area contributed by atoms with Crippen LogP contribution in [0, 0.1) is 5.82 Å². The van der Waals surface area contributed by atoms with Crippen molar-refractivity contribution in [3.05, 3.63) is 41.4 Å². The van der Waals surface area contributed by atoms with Crippen molar-refractivity contribution >= 4 is 33.3 Å². The van der Waals surface area contributed by atoms with Crippen molar-refractivity contribution in [1.82, 2.24) is 19.7 Å². The first kappa shape index (κ1) is 23.0. The fraction of sp³-hybridized carbons (Fsp3) is 0.350. The van der Waals surface area contributed by atoms with Gasteiger partial charge in [0.15, 0.2) is 5.82 Å². The smallest absolute Gasteiger partial charge is 0.229 e. The fourth-order valence-corrected chi connectivity index (χ4v) is 3.68. The zero-order valence-electron chi connectivity index (χ0n) is 17.6. The summed E-state index contributed by atoms with van der Waals surface area (Å²) < 4.78 is 42.5. The van der Waals surface area contributed by atoms with Gasteiger partial charge >= 0.3 is 0 Å². The Hall–Kier alpha value is -2.72. The summed E-state index contributed by atoms with van der Waals surface area (Å²) in [6.07, 6.45) is 5.24. The van der Waals surface area contributed by atoms with E-state index in [0.29, 0.717) is 29.4 Å². The molecule has 0 saturated heterocycles. The highest BCUT2D eigenvalue weighted by Gasteiger charge is 2.22. The predicted molar refractivity (Wildman–Crippen MR) is 121 cm³/mol. The molecule has 0 aliphatic carbocycles. The summed E-state index contributed by atoms with van der Waals surface area (Å²) in [6.45, 7) is 6.64. The van der Waals surface area contributed by atoms with E-state index in [1.165, 1.54) is 12.1 Å². The largest absolute Gasteiger partial charge is 0.354 e. The highest BCUT2D eigenvalue weighted by atomic mass is 35.5. The van der Waals surface area contributed by atoms with Crippen LogP contribution in [-0.2, 0) is 10.0 Å². The third-order valence-electron chi connectivity index (χ3n) is 4.31. The molecule has 1 aromatic carbocycles. The maximum atomic E-state index is 15.3. The average Bonchev–Trinajstić information content (AvgIpc) is 3.13. The lowest BCUT2D eigenvalue weighted by molar-refractivity contribution is 0.533. The topological polar surface area (TPSA) is 102 Å². The Morgan fingerprint density at radius 2 is 2.00 bits per heavy atom. The lowest BCUT2D eigenvalue weighted by Gasteiger charge is -2.11. The quantitative estimate of drug-likeness (QED) is 0.504. The second-order valence-electron chi connectivity index (χ2n) is 7.35. The highest BCUT2D eigenvalue weighted by molar-refractivity contribution is 7.92. The minimum absolute atomic E-state index is 0.00267. The third-order valence-corrected chi connectivity index (χ3v) is 5.12. The lowest BCUT2D eigenvalue weighted by atomic mass is 10.0. The molecule has 0 aliphatic heterocycles. The average molecular weight is 467 g/mol. The van der Waals surface area contributed by atoms with Gasteiger partial charge in [-0.3, -0.25) is 9.40 Å². The second kappa shape index (κ2) is 9.19. The van der Waals surface area contributed by atoms with E-state index < -0.39 is 15.8 Å². The van der Waals surface area contributed by atoms with Gasteiger partial charge < -0.3 is 5.32 Å². The van der Waals surface area contributed by atoms with Crippen molar-refractivity contribution < 1.29 is 12.8 Å². The summed E-state index contributed by atoms with van der Waals surface area (Å²) >= 11 is 6.18. The van der Waals surface area contributed by atoms with Crippen LogP contribution in [0.2, 0.25) is 5.02 Å². The Morgan fingerprint density at radius 1 is 1.26 bits per heavy atom. The molecule has 166 valence electrons. The summed E-state index contributed by atoms with van der Waals surface area (Å²) in [6, 6.07) is 4.35. The van der Waals surface area contributed by atoms with Gasteiger partial charge in [-0.1, -0.05) is 18.5 Å². The second-order valence-corrected chi connectivity index (χ2v) is 9.53. The Kier molecular flexibility index (Phi) is 6.80. The number of sulfonamides is 1. The number of halogens is 2. The van der Waals surface area contributed by atoms with Gasteiger partial charge in [-0.2, -0.15) is 5.10 Å². The minimum atomic E-state index is -3.70. The van der Waals surface area contributed by atoms with E-state index in [9.17, 15) is 8.42 Å². The van der Waals surface area contributed by atoms with E-state index in [0.717, 1.165) is 12.7 Å². The number of nitrogens with zero attached hydrogens (tertiary/aromatic N) is 4. The van der Waals surface area contributed by atoms with Crippen molar-refractivity contribution in [2.24, 2.45) is 0 Å². The molecule has 0 unspecified atom stereocenters. The zero-order chi connectivity index (χ0) is 22.8. The number of aromatic nitrogens is 4. The van der Waals surface area contributed by atoms with Gasteiger partial charge in [-0.25, -0.2) is 22.8 Å². The van der Waals surface area contributed by atoms with E-state index in [2.05, 4.69) is 25.1 Å². The van der Waals surface area contributed by atoms with Crippen LogP contribution in [0.1, 0.15) is 33.2 Å². The first-order valence-corrected chi connectivity index (χ1v) is 12.0. The molecular formula is C20H24ClFN6O2S. The molecule has 8 nitrogen and oxygen atoms in total. The monoisotopic (exact) mass is 466 g/mol. The molecule has 3 aromatic rings. The van der Waals surface area contributed by atoms with Crippen molar-refractivity contribution in [3.8, 4) is 22.5 Å². The Balaban J connectivity index is 2.19. The van der Waals surface area contributed by atoms with Crippen LogP contribution < -0.4 is 10.0 Å². The maximum Gasteiger partial charge on any atom is 0.229 e. The highest BCUT2D eigenvalue weighted by Crippen LogP contribution is 2.37. The predicted octanol–water partition coefficient (Wildman–Crippen LogP) is 4.57. The van der Waals surface area contributed by atoms with Crippen molar-refractivity contribution in [2.45, 2.75) is 33.2 Å². The Labute approximate surface area is 185 Å². The molecule has 0 bridgehead atoms. The van der Waals surface area contributed by atoms with Gasteiger partial charge in [0.25, 0.3) is 0 Å². The van der Waals surface area contributed by atoms with Gasteiger partial charge in [0.2, 0.25) is 16.0 Å². The van der Waals surface area contributed by atoms with Crippen molar-refractivity contribution in [2.75, 3.05) is 22.8 Å². The molecule has 0 atom stereocenters. The number of benzene rings is 1. The molecule has 0 fully saturated rings. The van der Waals surface area contributed by atoms with Crippen LogP contribution in [0.5, 0.6) is 0 Å². The van der Waals surface area contributed by atoms with Gasteiger partial charge in [0.1, 0.15) is 5.69 Å². The van der Waals surface area contributed by atoms with E-state index in [1.54, 1.807) is 23.1 Å². The Morgan fingerprint density at radius 3 is 2.65 bits per heavy atom. The molecule has 11 heteroatoms. The first-order valence-electron chi connectivity index (χ1n) is 9.72. The number of hydrogen-bond donors (Lipinski definition) is 2. The van der Waals surface area contributed by atoms with Crippen LogP contribution in [0.4, 0.5) is 16.0 Å². The molecule has 0 aliphatic rings. The standard InChI is InChI=1S/C20H24ClFN6O2S/c1-5-7-23-20-24-8-6-16(25-20)15-11-28(12(2)3)26-19(15)14-9-13(21)10-17(18(14)22)27-31(4,29)30/h6,8-12,27H,5,7H2,1-4H3,(H,23,24,25). The third kappa shape index (κ3) is 5.50. The molecule has 2 aromatic heterocycles. The molecule has 0 spiro atoms. The van der Waals surface area contributed by atoms with Crippen LogP contribution >= 0.6 is 11.6 Å². The Bertz CT molecular complexity index is 1200. The van der Waals surface area contributed by atoms with E-state index in [4.69, 9.17) is 11.6 Å². The zero-order valence-corrected chi connectivity index (χ0v) is 19.2. The molecule has 2 heterocycles. The van der Waals surface area contributed by atoms with Gasteiger partial charge in [0.05, 0.1) is 17.6 Å². The molecule has 2 N–H and O–H groups in total. The molecule has 3 rings (SSSR count). The lowest BCUT2D eigenvalue weighted by Crippen LogP contribution is -2.11. The number of anilines is 2. The van der Waals surface area contributed by atoms with Crippen LogP contribution in [0.3, 0.4) is 0 Å². The molecule has 31 heavy (non-hydrogen) atoms.